The van der Waals surface area contributed by atoms with Gasteiger partial charge >= 0.3 is 11.9 Å². The zero-order chi connectivity index (χ0) is 24.7. The van der Waals surface area contributed by atoms with E-state index in [2.05, 4.69) is 36.3 Å². The smallest absolute Gasteiger partial charge is 0.331 e. The maximum Gasteiger partial charge on any atom is 0.331 e. The summed E-state index contributed by atoms with van der Waals surface area (Å²) in [4.78, 5) is 38.0. The first-order chi connectivity index (χ1) is 16.3. The topological polar surface area (TPSA) is 90.7 Å². The van der Waals surface area contributed by atoms with Gasteiger partial charge in [0.05, 0.1) is 24.8 Å². The summed E-state index contributed by atoms with van der Waals surface area (Å²) in [7, 11) is 0. The van der Waals surface area contributed by atoms with E-state index in [0.717, 1.165) is 22.5 Å². The monoisotopic (exact) mass is 467 g/mol. The van der Waals surface area contributed by atoms with Gasteiger partial charge < -0.3 is 14.4 Å². The number of carbonyl (C=O) groups excluding carboxylic acids is 3. The number of likely N-dealkylation sites (tertiary alicyclic amines) is 1. The standard InChI is InChI=1S/C26H33N3O5/c1-5-33-26(32)22-12-14-28(15-13-22)24(30)17-34-25(31)11-10-23-19(3)27-29(20(23)4)16-21-8-6-18(2)7-9-21/h6-11,22H,5,12-17H2,1-4H3/b11-10+. The SMILES string of the molecule is CCOC(=O)C1CCN(C(=O)COC(=O)/C=C/c2c(C)nn(Cc3ccc(C)cc3)c2C)CC1. The predicted octanol–water partition coefficient (Wildman–Crippen LogP) is 3.21. The van der Waals surface area contributed by atoms with Crippen molar-refractivity contribution in [3.8, 4) is 0 Å². The van der Waals surface area contributed by atoms with Crippen LogP contribution in [-0.4, -0.2) is 58.8 Å². The second-order valence-corrected chi connectivity index (χ2v) is 8.58. The summed E-state index contributed by atoms with van der Waals surface area (Å²) in [6.07, 6.45) is 4.13. The Morgan fingerprint density at radius 2 is 1.74 bits per heavy atom. The minimum Gasteiger partial charge on any atom is -0.466 e. The van der Waals surface area contributed by atoms with Crippen LogP contribution in [0.5, 0.6) is 0 Å². The number of hydrogen-bond acceptors (Lipinski definition) is 6. The fourth-order valence-corrected chi connectivity index (χ4v) is 4.02. The molecule has 8 nitrogen and oxygen atoms in total. The average Bonchev–Trinajstić information content (AvgIpc) is 3.09. The van der Waals surface area contributed by atoms with Crippen LogP contribution in [0.3, 0.4) is 0 Å². The Balaban J connectivity index is 1.49. The summed E-state index contributed by atoms with van der Waals surface area (Å²) in [6.45, 7) is 9.27. The summed E-state index contributed by atoms with van der Waals surface area (Å²) >= 11 is 0. The van der Waals surface area contributed by atoms with Crippen molar-refractivity contribution in [2.24, 2.45) is 5.92 Å². The normalized spacial score (nSPS) is 14.4. The van der Waals surface area contributed by atoms with Crippen molar-refractivity contribution in [1.29, 1.82) is 0 Å². The van der Waals surface area contributed by atoms with Crippen LogP contribution >= 0.6 is 0 Å². The maximum atomic E-state index is 12.4. The highest BCUT2D eigenvalue weighted by molar-refractivity contribution is 5.89. The van der Waals surface area contributed by atoms with Gasteiger partial charge in [0, 0.05) is 30.4 Å². The van der Waals surface area contributed by atoms with Crippen LogP contribution in [-0.2, 0) is 30.4 Å². The molecular weight excluding hydrogens is 434 g/mol. The van der Waals surface area contributed by atoms with E-state index in [0.29, 0.717) is 39.1 Å². The third kappa shape index (κ3) is 6.56. The van der Waals surface area contributed by atoms with Crippen LogP contribution in [0.4, 0.5) is 0 Å². The summed E-state index contributed by atoms with van der Waals surface area (Å²) in [5, 5.41) is 4.59. The molecule has 0 aliphatic carbocycles. The van der Waals surface area contributed by atoms with Gasteiger partial charge in [-0.1, -0.05) is 29.8 Å². The van der Waals surface area contributed by atoms with E-state index < -0.39 is 5.97 Å². The van der Waals surface area contributed by atoms with E-state index in [4.69, 9.17) is 9.47 Å². The molecule has 8 heteroatoms. The molecule has 1 fully saturated rings. The second kappa shape index (κ2) is 11.6. The van der Waals surface area contributed by atoms with Crippen LogP contribution in [0.15, 0.2) is 30.3 Å². The number of piperidine rings is 1. The number of benzene rings is 1. The van der Waals surface area contributed by atoms with E-state index in [-0.39, 0.29) is 24.4 Å². The Morgan fingerprint density at radius 1 is 1.06 bits per heavy atom. The van der Waals surface area contributed by atoms with Crippen molar-refractivity contribution < 1.29 is 23.9 Å². The van der Waals surface area contributed by atoms with Crippen LogP contribution in [0, 0.1) is 26.7 Å². The molecule has 1 aromatic carbocycles. The molecule has 1 aliphatic rings. The summed E-state index contributed by atoms with van der Waals surface area (Å²) in [6, 6.07) is 8.30. The molecule has 0 saturated carbocycles. The lowest BCUT2D eigenvalue weighted by Crippen LogP contribution is -2.42. The van der Waals surface area contributed by atoms with Crippen molar-refractivity contribution in [2.45, 2.75) is 47.1 Å². The molecule has 2 aromatic rings. The molecule has 2 heterocycles. The molecule has 0 spiro atoms. The number of aromatic nitrogens is 2. The van der Waals surface area contributed by atoms with Crippen molar-refractivity contribution >= 4 is 23.9 Å². The third-order valence-electron chi connectivity index (χ3n) is 6.08. The second-order valence-electron chi connectivity index (χ2n) is 8.58. The summed E-state index contributed by atoms with van der Waals surface area (Å²) < 4.78 is 12.1. The molecule has 3 rings (SSSR count). The van der Waals surface area contributed by atoms with Gasteiger partial charge in [-0.05, 0) is 52.2 Å². The first kappa shape index (κ1) is 25.2. The lowest BCUT2D eigenvalue weighted by atomic mass is 9.97. The number of hydrogen-bond donors (Lipinski definition) is 0. The molecule has 0 atom stereocenters. The van der Waals surface area contributed by atoms with Crippen molar-refractivity contribution in [3.05, 3.63) is 58.4 Å². The van der Waals surface area contributed by atoms with Gasteiger partial charge in [-0.2, -0.15) is 5.10 Å². The first-order valence-corrected chi connectivity index (χ1v) is 11.7. The Bertz CT molecular complexity index is 1050. The number of esters is 2. The fraction of sp³-hybridized carbons (Fsp3) is 0.462. The van der Waals surface area contributed by atoms with Gasteiger partial charge in [0.2, 0.25) is 0 Å². The Kier molecular flexibility index (Phi) is 8.62. The molecule has 1 saturated heterocycles. The third-order valence-corrected chi connectivity index (χ3v) is 6.08. The van der Waals surface area contributed by atoms with E-state index >= 15 is 0 Å². The van der Waals surface area contributed by atoms with Gasteiger partial charge in [0.25, 0.3) is 5.91 Å². The van der Waals surface area contributed by atoms with E-state index in [1.807, 2.05) is 18.5 Å². The minimum absolute atomic E-state index is 0.173. The highest BCUT2D eigenvalue weighted by Crippen LogP contribution is 2.19. The molecule has 34 heavy (non-hydrogen) atoms. The van der Waals surface area contributed by atoms with Crippen molar-refractivity contribution in [2.75, 3.05) is 26.3 Å². The van der Waals surface area contributed by atoms with Crippen molar-refractivity contribution in [3.63, 3.8) is 0 Å². The average molecular weight is 468 g/mol. The highest BCUT2D eigenvalue weighted by atomic mass is 16.5. The van der Waals surface area contributed by atoms with E-state index in [9.17, 15) is 14.4 Å². The van der Waals surface area contributed by atoms with Crippen LogP contribution < -0.4 is 0 Å². The number of carbonyl (C=O) groups is 3. The Morgan fingerprint density at radius 3 is 2.38 bits per heavy atom. The first-order valence-electron chi connectivity index (χ1n) is 11.7. The summed E-state index contributed by atoms with van der Waals surface area (Å²) in [5.74, 6) is -1.23. The lowest BCUT2D eigenvalue weighted by molar-refractivity contribution is -0.153. The maximum absolute atomic E-state index is 12.4. The molecule has 182 valence electrons. The summed E-state index contributed by atoms with van der Waals surface area (Å²) in [5.41, 5.74) is 4.98. The zero-order valence-electron chi connectivity index (χ0n) is 20.4. The lowest BCUT2D eigenvalue weighted by Gasteiger charge is -2.30. The molecule has 1 aromatic heterocycles. The number of amides is 1. The van der Waals surface area contributed by atoms with Crippen LogP contribution in [0.1, 0.15) is 47.8 Å². The zero-order valence-corrected chi connectivity index (χ0v) is 20.4. The highest BCUT2D eigenvalue weighted by Gasteiger charge is 2.28. The molecule has 1 amide bonds. The quantitative estimate of drug-likeness (QED) is 0.437. The number of rotatable bonds is 8. The van der Waals surface area contributed by atoms with Gasteiger partial charge in [0.1, 0.15) is 0 Å². The number of aryl methyl sites for hydroxylation is 2. The predicted molar refractivity (Wildman–Crippen MR) is 128 cm³/mol. The largest absolute Gasteiger partial charge is 0.466 e. The van der Waals surface area contributed by atoms with E-state index in [1.165, 1.54) is 11.6 Å². The van der Waals surface area contributed by atoms with Crippen molar-refractivity contribution in [1.82, 2.24) is 14.7 Å². The fourth-order valence-electron chi connectivity index (χ4n) is 4.02. The van der Waals surface area contributed by atoms with Crippen LogP contribution in [0.25, 0.3) is 6.08 Å². The van der Waals surface area contributed by atoms with Gasteiger partial charge in [-0.15, -0.1) is 0 Å². The molecule has 0 unspecified atom stereocenters. The van der Waals surface area contributed by atoms with E-state index in [1.54, 1.807) is 17.9 Å². The van der Waals surface area contributed by atoms with Gasteiger partial charge in [0.15, 0.2) is 6.61 Å². The molecule has 0 N–H and O–H groups in total. The minimum atomic E-state index is -0.583. The number of ether oxygens (including phenoxy) is 2. The Labute approximate surface area is 200 Å². The molecule has 0 radical (unpaired) electrons. The molecule has 0 bridgehead atoms. The van der Waals surface area contributed by atoms with Crippen LogP contribution in [0.2, 0.25) is 0 Å². The Hall–Kier alpha value is -3.42. The van der Waals surface area contributed by atoms with Gasteiger partial charge in [-0.3, -0.25) is 14.3 Å². The number of nitrogens with zero attached hydrogens (tertiary/aromatic N) is 3. The molecular formula is C26H33N3O5. The molecule has 1 aliphatic heterocycles. The van der Waals surface area contributed by atoms with Gasteiger partial charge in [-0.25, -0.2) is 4.79 Å².